The summed E-state index contributed by atoms with van der Waals surface area (Å²) in [5, 5.41) is 17.7. The summed E-state index contributed by atoms with van der Waals surface area (Å²) >= 11 is 0. The lowest BCUT2D eigenvalue weighted by molar-refractivity contribution is 0.299. The van der Waals surface area contributed by atoms with Gasteiger partial charge in [0, 0.05) is 6.61 Å². The van der Waals surface area contributed by atoms with Gasteiger partial charge >= 0.3 is 0 Å². The minimum absolute atomic E-state index is 0.199. The second kappa shape index (κ2) is 8.99. The fourth-order valence-corrected chi connectivity index (χ4v) is 1.72. The van der Waals surface area contributed by atoms with Crippen LogP contribution in [0.1, 0.15) is 18.1 Å². The van der Waals surface area contributed by atoms with Crippen LogP contribution in [0.15, 0.2) is 48.5 Å². The Labute approximate surface area is 120 Å². The van der Waals surface area contributed by atoms with Gasteiger partial charge in [-0.1, -0.05) is 43.3 Å². The highest BCUT2D eigenvalue weighted by Crippen LogP contribution is 2.26. The molecular formula is C17H22O3. The lowest BCUT2D eigenvalue weighted by Crippen LogP contribution is -1.88. The van der Waals surface area contributed by atoms with Gasteiger partial charge in [0.15, 0.2) is 11.5 Å². The van der Waals surface area contributed by atoms with Gasteiger partial charge < -0.3 is 14.9 Å². The number of benzene rings is 2. The molecule has 0 radical (unpaired) electrons. The number of aliphatic hydroxyl groups is 1. The van der Waals surface area contributed by atoms with E-state index in [1.165, 1.54) is 11.1 Å². The largest absolute Gasteiger partial charge is 0.504 e. The highest BCUT2D eigenvalue weighted by Gasteiger charge is 1.99. The van der Waals surface area contributed by atoms with E-state index < -0.39 is 0 Å². The van der Waals surface area contributed by atoms with E-state index in [1.54, 1.807) is 13.2 Å². The van der Waals surface area contributed by atoms with Crippen LogP contribution in [0.4, 0.5) is 0 Å². The summed E-state index contributed by atoms with van der Waals surface area (Å²) in [5.41, 5.74) is 2.36. The number of rotatable bonds is 4. The maximum absolute atomic E-state index is 9.21. The summed E-state index contributed by atoms with van der Waals surface area (Å²) in [6.45, 7) is 2.30. The fraction of sp³-hybridized carbons (Fsp3) is 0.294. The van der Waals surface area contributed by atoms with E-state index in [-0.39, 0.29) is 12.4 Å². The zero-order valence-corrected chi connectivity index (χ0v) is 12.0. The Morgan fingerprint density at radius 3 is 2.25 bits per heavy atom. The third-order valence-corrected chi connectivity index (χ3v) is 2.90. The van der Waals surface area contributed by atoms with Gasteiger partial charge in [0.2, 0.25) is 0 Å². The molecular weight excluding hydrogens is 252 g/mol. The summed E-state index contributed by atoms with van der Waals surface area (Å²) in [6.07, 6.45) is 1.72. The molecule has 0 fully saturated rings. The first-order valence-corrected chi connectivity index (χ1v) is 6.72. The molecule has 2 N–H and O–H groups in total. The molecule has 0 aromatic heterocycles. The monoisotopic (exact) mass is 274 g/mol. The average Bonchev–Trinajstić information content (AvgIpc) is 2.50. The average molecular weight is 274 g/mol. The Morgan fingerprint density at radius 1 is 1.00 bits per heavy atom. The van der Waals surface area contributed by atoms with Crippen molar-refractivity contribution < 1.29 is 14.9 Å². The maximum atomic E-state index is 9.21. The highest BCUT2D eigenvalue weighted by atomic mass is 16.5. The van der Waals surface area contributed by atoms with Gasteiger partial charge in [0.05, 0.1) is 7.11 Å². The number of hydrogen-bond donors (Lipinski definition) is 2. The number of aliphatic hydroxyl groups excluding tert-OH is 1. The second-order valence-electron chi connectivity index (χ2n) is 4.32. The van der Waals surface area contributed by atoms with Crippen molar-refractivity contribution >= 4 is 0 Å². The summed E-state index contributed by atoms with van der Waals surface area (Å²) in [7, 11) is 1.55. The van der Waals surface area contributed by atoms with Crippen molar-refractivity contribution in [2.24, 2.45) is 0 Å². The van der Waals surface area contributed by atoms with E-state index in [2.05, 4.69) is 6.92 Å². The first-order chi connectivity index (χ1) is 9.71. The van der Waals surface area contributed by atoms with Crippen LogP contribution in [0.5, 0.6) is 11.5 Å². The lowest BCUT2D eigenvalue weighted by Gasteiger charge is -2.03. The van der Waals surface area contributed by atoms with Crippen molar-refractivity contribution in [3.05, 3.63) is 59.7 Å². The minimum Gasteiger partial charge on any atom is -0.504 e. The minimum atomic E-state index is 0.199. The van der Waals surface area contributed by atoms with Crippen molar-refractivity contribution in [1.29, 1.82) is 0 Å². The Kier molecular flexibility index (Phi) is 7.22. The van der Waals surface area contributed by atoms with Crippen LogP contribution in [-0.4, -0.2) is 23.9 Å². The number of aryl methyl sites for hydroxylation is 1. The fourth-order valence-electron chi connectivity index (χ4n) is 1.72. The van der Waals surface area contributed by atoms with Crippen molar-refractivity contribution in [1.82, 2.24) is 0 Å². The molecule has 3 nitrogen and oxygen atoms in total. The van der Waals surface area contributed by atoms with Gasteiger partial charge in [0.1, 0.15) is 0 Å². The van der Waals surface area contributed by atoms with E-state index in [0.29, 0.717) is 5.75 Å². The quantitative estimate of drug-likeness (QED) is 0.900. The molecule has 0 heterocycles. The second-order valence-corrected chi connectivity index (χ2v) is 4.32. The molecule has 0 saturated heterocycles. The smallest absolute Gasteiger partial charge is 0.160 e. The molecule has 0 spiro atoms. The van der Waals surface area contributed by atoms with Gasteiger partial charge in [-0.25, -0.2) is 0 Å². The first-order valence-electron chi connectivity index (χ1n) is 6.72. The maximum Gasteiger partial charge on any atom is 0.160 e. The van der Waals surface area contributed by atoms with Crippen LogP contribution in [0, 0.1) is 0 Å². The molecule has 0 aliphatic rings. The van der Waals surface area contributed by atoms with Gasteiger partial charge in [0.25, 0.3) is 0 Å². The molecule has 108 valence electrons. The molecule has 2 rings (SSSR count). The van der Waals surface area contributed by atoms with Crippen molar-refractivity contribution in [3.63, 3.8) is 0 Å². The number of phenolic OH excluding ortho intramolecular Hbond substituents is 1. The van der Waals surface area contributed by atoms with E-state index >= 15 is 0 Å². The molecule has 0 bridgehead atoms. The molecule has 2 aromatic carbocycles. The molecule has 0 aliphatic heterocycles. The molecule has 0 unspecified atom stereocenters. The third kappa shape index (κ3) is 5.33. The SMILES string of the molecule is CCc1ccc(O)c(OC)c1.OCCc1ccccc1. The van der Waals surface area contributed by atoms with Gasteiger partial charge in [-0.2, -0.15) is 0 Å². The molecule has 0 aliphatic carbocycles. The molecule has 20 heavy (non-hydrogen) atoms. The van der Waals surface area contributed by atoms with Gasteiger partial charge in [-0.15, -0.1) is 0 Å². The van der Waals surface area contributed by atoms with E-state index in [4.69, 9.17) is 9.84 Å². The molecule has 0 saturated carbocycles. The molecule has 0 amide bonds. The van der Waals surface area contributed by atoms with Crippen LogP contribution < -0.4 is 4.74 Å². The van der Waals surface area contributed by atoms with Crippen LogP contribution in [0.2, 0.25) is 0 Å². The Bertz CT molecular complexity index is 495. The van der Waals surface area contributed by atoms with Crippen molar-refractivity contribution in [2.45, 2.75) is 19.8 Å². The van der Waals surface area contributed by atoms with Crippen molar-refractivity contribution in [3.8, 4) is 11.5 Å². The number of phenols is 1. The summed E-state index contributed by atoms with van der Waals surface area (Å²) in [5.74, 6) is 0.744. The lowest BCUT2D eigenvalue weighted by atomic mass is 10.1. The van der Waals surface area contributed by atoms with Crippen LogP contribution in [-0.2, 0) is 12.8 Å². The van der Waals surface area contributed by atoms with Gasteiger partial charge in [-0.3, -0.25) is 0 Å². The normalized spacial score (nSPS) is 9.55. The van der Waals surface area contributed by atoms with E-state index in [1.807, 2.05) is 42.5 Å². The number of ether oxygens (including phenoxy) is 1. The Morgan fingerprint density at radius 2 is 1.70 bits per heavy atom. The summed E-state index contributed by atoms with van der Waals surface area (Å²) in [4.78, 5) is 0. The van der Waals surface area contributed by atoms with E-state index in [9.17, 15) is 5.11 Å². The van der Waals surface area contributed by atoms with Gasteiger partial charge in [-0.05, 0) is 36.1 Å². The molecule has 0 atom stereocenters. The Balaban J connectivity index is 0.000000204. The topological polar surface area (TPSA) is 49.7 Å². The summed E-state index contributed by atoms with van der Waals surface area (Å²) < 4.78 is 4.94. The van der Waals surface area contributed by atoms with Crippen LogP contribution in [0.25, 0.3) is 0 Å². The molecule has 3 heteroatoms. The number of hydrogen-bond acceptors (Lipinski definition) is 3. The standard InChI is InChI=1S/C9H12O2.C8H10O/c1-3-7-4-5-8(10)9(6-7)11-2;9-7-6-8-4-2-1-3-5-8/h4-6,10H,3H2,1-2H3;1-5,9H,6-7H2. The van der Waals surface area contributed by atoms with Crippen molar-refractivity contribution in [2.75, 3.05) is 13.7 Å². The predicted molar refractivity (Wildman–Crippen MR) is 81.3 cm³/mol. The first kappa shape index (κ1) is 16.1. The highest BCUT2D eigenvalue weighted by molar-refractivity contribution is 5.41. The summed E-state index contributed by atoms with van der Waals surface area (Å²) in [6, 6.07) is 15.3. The van der Waals surface area contributed by atoms with Crippen LogP contribution in [0.3, 0.4) is 0 Å². The van der Waals surface area contributed by atoms with Crippen LogP contribution >= 0.6 is 0 Å². The number of aromatic hydroxyl groups is 1. The Hall–Kier alpha value is -2.00. The predicted octanol–water partition coefficient (Wildman–Crippen LogP) is 3.18. The zero-order chi connectivity index (χ0) is 14.8. The van der Waals surface area contributed by atoms with E-state index in [0.717, 1.165) is 12.8 Å². The number of methoxy groups -OCH3 is 1. The zero-order valence-electron chi connectivity index (χ0n) is 12.0. The third-order valence-electron chi connectivity index (χ3n) is 2.90. The molecule has 2 aromatic rings.